The van der Waals surface area contributed by atoms with Crippen LogP contribution in [0, 0.1) is 0 Å². The number of halogens is 2. The van der Waals surface area contributed by atoms with Crippen LogP contribution in [0.3, 0.4) is 0 Å². The first-order valence-electron chi connectivity index (χ1n) is 4.50. The van der Waals surface area contributed by atoms with E-state index in [-0.39, 0.29) is 11.3 Å². The maximum atomic E-state index is 12.0. The average Bonchev–Trinajstić information content (AvgIpc) is 2.25. The summed E-state index contributed by atoms with van der Waals surface area (Å²) in [5, 5.41) is 11.6. The molecule has 17 heavy (non-hydrogen) atoms. The number of benzene rings is 1. The van der Waals surface area contributed by atoms with E-state index >= 15 is 0 Å². The quantitative estimate of drug-likeness (QED) is 0.612. The van der Waals surface area contributed by atoms with Crippen LogP contribution >= 0.6 is 0 Å². The molecule has 0 saturated carbocycles. The predicted octanol–water partition coefficient (Wildman–Crippen LogP) is 1.72. The van der Waals surface area contributed by atoms with Crippen molar-refractivity contribution in [3.05, 3.63) is 29.8 Å². The molecule has 0 amide bonds. The summed E-state index contributed by atoms with van der Waals surface area (Å²) in [5.74, 6) is -1.25. The van der Waals surface area contributed by atoms with Crippen LogP contribution in [0.4, 0.5) is 8.78 Å². The van der Waals surface area contributed by atoms with Crippen LogP contribution in [0.1, 0.15) is 5.56 Å². The van der Waals surface area contributed by atoms with E-state index in [4.69, 9.17) is 5.11 Å². The number of oxime groups is 1. The summed E-state index contributed by atoms with van der Waals surface area (Å²) < 4.78 is 28.3. The van der Waals surface area contributed by atoms with Gasteiger partial charge in [-0.25, -0.2) is 4.79 Å². The molecule has 1 aromatic rings. The molecule has 0 spiro atoms. The lowest BCUT2D eigenvalue weighted by Gasteiger charge is -2.06. The van der Waals surface area contributed by atoms with Crippen molar-refractivity contribution in [3.8, 4) is 5.75 Å². The first-order chi connectivity index (χ1) is 8.09. The number of alkyl halides is 2. The zero-order valence-electron chi connectivity index (χ0n) is 8.55. The molecule has 0 saturated heterocycles. The van der Waals surface area contributed by atoms with E-state index in [2.05, 4.69) is 14.7 Å². The molecule has 0 fully saturated rings. The number of nitrogens with zero attached hydrogens (tertiary/aromatic N) is 1. The summed E-state index contributed by atoms with van der Waals surface area (Å²) in [6.45, 7) is -3.54. The van der Waals surface area contributed by atoms with E-state index in [0.717, 1.165) is 6.21 Å². The van der Waals surface area contributed by atoms with E-state index in [1.807, 2.05) is 0 Å². The maximum Gasteiger partial charge on any atom is 0.387 e. The number of para-hydroxylation sites is 1. The number of rotatable bonds is 6. The molecule has 92 valence electrons. The molecule has 0 bridgehead atoms. The lowest BCUT2D eigenvalue weighted by atomic mass is 10.2. The zero-order valence-corrected chi connectivity index (χ0v) is 8.55. The third kappa shape index (κ3) is 4.92. The fourth-order valence-electron chi connectivity index (χ4n) is 0.977. The third-order valence-corrected chi connectivity index (χ3v) is 1.59. The summed E-state index contributed by atoms with van der Waals surface area (Å²) in [7, 11) is 0. The van der Waals surface area contributed by atoms with Crippen molar-refractivity contribution in [3.63, 3.8) is 0 Å². The summed E-state index contributed by atoms with van der Waals surface area (Å²) in [6, 6.07) is 5.93. The Hall–Kier alpha value is -2.18. The smallest absolute Gasteiger partial charge is 0.387 e. The molecule has 5 nitrogen and oxygen atoms in total. The zero-order chi connectivity index (χ0) is 12.7. The number of aliphatic carboxylic acids is 1. The molecule has 1 rings (SSSR count). The fourth-order valence-corrected chi connectivity index (χ4v) is 0.977. The Morgan fingerprint density at radius 2 is 2.18 bits per heavy atom. The molecule has 1 N–H and O–H groups in total. The Bertz CT molecular complexity index is 409. The molecule has 0 aliphatic heterocycles. The molecule has 0 radical (unpaired) electrons. The summed E-state index contributed by atoms with van der Waals surface area (Å²) in [6.07, 6.45) is 1.10. The minimum atomic E-state index is -2.94. The Morgan fingerprint density at radius 1 is 1.47 bits per heavy atom. The van der Waals surface area contributed by atoms with E-state index < -0.39 is 19.2 Å². The van der Waals surface area contributed by atoms with Crippen LogP contribution in [-0.2, 0) is 9.63 Å². The molecule has 0 unspecified atom stereocenters. The highest BCUT2D eigenvalue weighted by Gasteiger charge is 2.07. The van der Waals surface area contributed by atoms with Gasteiger partial charge in [-0.1, -0.05) is 17.3 Å². The fraction of sp³-hybridized carbons (Fsp3) is 0.200. The third-order valence-electron chi connectivity index (χ3n) is 1.59. The molecule has 0 aromatic heterocycles. The molecule has 1 aromatic carbocycles. The van der Waals surface area contributed by atoms with Crippen molar-refractivity contribution in [2.45, 2.75) is 6.61 Å². The SMILES string of the molecule is O=C(O)CON=Cc1ccccc1OC(F)F. The number of carbonyl (C=O) groups is 1. The molecule has 0 aliphatic carbocycles. The van der Waals surface area contributed by atoms with Gasteiger partial charge >= 0.3 is 12.6 Å². The van der Waals surface area contributed by atoms with E-state index in [9.17, 15) is 13.6 Å². The van der Waals surface area contributed by atoms with E-state index in [0.29, 0.717) is 0 Å². The van der Waals surface area contributed by atoms with Gasteiger partial charge in [0.15, 0.2) is 0 Å². The van der Waals surface area contributed by atoms with Crippen LogP contribution in [0.2, 0.25) is 0 Å². The number of hydrogen-bond acceptors (Lipinski definition) is 4. The van der Waals surface area contributed by atoms with Gasteiger partial charge in [0.2, 0.25) is 6.61 Å². The predicted molar refractivity (Wildman–Crippen MR) is 54.3 cm³/mol. The van der Waals surface area contributed by atoms with Crippen molar-refractivity contribution < 1.29 is 28.3 Å². The monoisotopic (exact) mass is 245 g/mol. The van der Waals surface area contributed by atoms with Crippen LogP contribution in [0.5, 0.6) is 5.75 Å². The van der Waals surface area contributed by atoms with Gasteiger partial charge in [0.1, 0.15) is 5.75 Å². The van der Waals surface area contributed by atoms with Crippen LogP contribution in [0.25, 0.3) is 0 Å². The van der Waals surface area contributed by atoms with Gasteiger partial charge in [0, 0.05) is 5.56 Å². The second kappa shape index (κ2) is 6.41. The molecule has 0 atom stereocenters. The standard InChI is InChI=1S/C10H9F2NO4/c11-10(12)17-8-4-2-1-3-7(8)5-13-16-6-9(14)15/h1-5,10H,6H2,(H,14,15). The van der Waals surface area contributed by atoms with Crippen LogP contribution in [0.15, 0.2) is 29.4 Å². The molecule has 0 aliphatic rings. The Balaban J connectivity index is 2.66. The van der Waals surface area contributed by atoms with Gasteiger partial charge in [0.25, 0.3) is 0 Å². The topological polar surface area (TPSA) is 68.1 Å². The van der Waals surface area contributed by atoms with Gasteiger partial charge in [-0.05, 0) is 12.1 Å². The molecular weight excluding hydrogens is 236 g/mol. The Labute approximate surface area is 95.3 Å². The number of ether oxygens (including phenoxy) is 1. The minimum Gasteiger partial charge on any atom is -0.479 e. The van der Waals surface area contributed by atoms with Gasteiger partial charge in [0.05, 0.1) is 6.21 Å². The van der Waals surface area contributed by atoms with Gasteiger partial charge in [-0.15, -0.1) is 0 Å². The van der Waals surface area contributed by atoms with Crippen LogP contribution in [-0.4, -0.2) is 30.5 Å². The highest BCUT2D eigenvalue weighted by Crippen LogP contribution is 2.18. The van der Waals surface area contributed by atoms with Crippen LogP contribution < -0.4 is 4.74 Å². The lowest BCUT2D eigenvalue weighted by Crippen LogP contribution is -2.05. The summed E-state index contributed by atoms with van der Waals surface area (Å²) >= 11 is 0. The second-order valence-corrected chi connectivity index (χ2v) is 2.82. The number of carboxylic acids is 1. The largest absolute Gasteiger partial charge is 0.479 e. The molecular formula is C10H9F2NO4. The lowest BCUT2D eigenvalue weighted by molar-refractivity contribution is -0.142. The minimum absolute atomic E-state index is 0.0647. The van der Waals surface area contributed by atoms with Crippen molar-refractivity contribution in [1.29, 1.82) is 0 Å². The van der Waals surface area contributed by atoms with Gasteiger partial charge < -0.3 is 14.7 Å². The highest BCUT2D eigenvalue weighted by molar-refractivity contribution is 5.83. The Kier molecular flexibility index (Phi) is 4.86. The maximum absolute atomic E-state index is 12.0. The van der Waals surface area contributed by atoms with Gasteiger partial charge in [-0.3, -0.25) is 0 Å². The molecule has 0 heterocycles. The van der Waals surface area contributed by atoms with E-state index in [1.165, 1.54) is 18.2 Å². The first-order valence-corrected chi connectivity index (χ1v) is 4.50. The number of hydrogen-bond donors (Lipinski definition) is 1. The summed E-state index contributed by atoms with van der Waals surface area (Å²) in [4.78, 5) is 14.5. The average molecular weight is 245 g/mol. The Morgan fingerprint density at radius 3 is 2.82 bits per heavy atom. The van der Waals surface area contributed by atoms with Crippen molar-refractivity contribution >= 4 is 12.2 Å². The first kappa shape index (κ1) is 12.9. The second-order valence-electron chi connectivity index (χ2n) is 2.82. The normalized spacial score (nSPS) is 10.8. The van der Waals surface area contributed by atoms with Gasteiger partial charge in [-0.2, -0.15) is 8.78 Å². The van der Waals surface area contributed by atoms with Crippen molar-refractivity contribution in [2.24, 2.45) is 5.16 Å². The van der Waals surface area contributed by atoms with Crippen molar-refractivity contribution in [1.82, 2.24) is 0 Å². The summed E-state index contributed by atoms with van der Waals surface area (Å²) in [5.41, 5.74) is 0.262. The number of carboxylic acid groups (broad SMARTS) is 1. The molecule has 7 heteroatoms. The highest BCUT2D eigenvalue weighted by atomic mass is 19.3. The van der Waals surface area contributed by atoms with E-state index in [1.54, 1.807) is 6.07 Å². The van der Waals surface area contributed by atoms with Crippen molar-refractivity contribution in [2.75, 3.05) is 6.61 Å².